The van der Waals surface area contributed by atoms with E-state index in [-0.39, 0.29) is 29.1 Å². The van der Waals surface area contributed by atoms with Crippen molar-refractivity contribution in [3.63, 3.8) is 0 Å². The topological polar surface area (TPSA) is 71.4 Å². The third-order valence-corrected chi connectivity index (χ3v) is 5.45. The normalized spacial score (nSPS) is 12.3. The largest absolute Gasteiger partial charge is 0.352 e. The van der Waals surface area contributed by atoms with Crippen molar-refractivity contribution in [3.05, 3.63) is 56.1 Å². The molecule has 2 amide bonds. The summed E-state index contributed by atoms with van der Waals surface area (Å²) >= 11 is 1.56. The van der Waals surface area contributed by atoms with E-state index in [2.05, 4.69) is 5.32 Å². The summed E-state index contributed by atoms with van der Waals surface area (Å²) in [7, 11) is 1.68. The molecule has 2 rings (SSSR count). The lowest BCUT2D eigenvalue weighted by atomic mass is 10.1. The second-order valence-corrected chi connectivity index (χ2v) is 8.72. The molecule has 0 saturated heterocycles. The van der Waals surface area contributed by atoms with Crippen LogP contribution in [0.3, 0.4) is 0 Å². The van der Waals surface area contributed by atoms with Crippen LogP contribution in [-0.2, 0) is 6.54 Å². The van der Waals surface area contributed by atoms with Gasteiger partial charge in [-0.1, -0.05) is 19.9 Å². The molecule has 0 saturated carbocycles. The average molecular weight is 404 g/mol. The summed E-state index contributed by atoms with van der Waals surface area (Å²) in [6, 6.07) is 3.62. The van der Waals surface area contributed by atoms with E-state index < -0.39 is 11.3 Å². The Morgan fingerprint density at radius 2 is 1.79 bits per heavy atom. The molecule has 2 aromatic rings. The quantitative estimate of drug-likeness (QED) is 0.769. The number of nitrogens with zero attached hydrogens (tertiary/aromatic N) is 2. The lowest BCUT2D eigenvalue weighted by Crippen LogP contribution is -2.38. The standard InChI is InChI=1S/C21H29N3O3S/c1-13(2)10-24-11-16(20(26)22-14(3)4)19(25)17(12-24)21(27)23(6)15(5)18-8-7-9-28-18/h7-9,11-15H,10H2,1-6H3,(H,22,26). The van der Waals surface area contributed by atoms with E-state index in [1.807, 2.05) is 52.1 Å². The van der Waals surface area contributed by atoms with Gasteiger partial charge in [0.05, 0.1) is 6.04 Å². The van der Waals surface area contributed by atoms with Crippen molar-refractivity contribution in [2.24, 2.45) is 5.92 Å². The van der Waals surface area contributed by atoms with Gasteiger partial charge in [-0.25, -0.2) is 0 Å². The Morgan fingerprint density at radius 1 is 1.14 bits per heavy atom. The van der Waals surface area contributed by atoms with Crippen LogP contribution in [0, 0.1) is 5.92 Å². The van der Waals surface area contributed by atoms with Crippen LogP contribution in [0.2, 0.25) is 0 Å². The zero-order chi connectivity index (χ0) is 21.0. The Kier molecular flexibility index (Phi) is 7.18. The molecule has 2 aromatic heterocycles. The minimum Gasteiger partial charge on any atom is -0.352 e. The highest BCUT2D eigenvalue weighted by Crippen LogP contribution is 2.24. The number of thiophene rings is 1. The van der Waals surface area contributed by atoms with Gasteiger partial charge in [0, 0.05) is 36.9 Å². The highest BCUT2D eigenvalue weighted by Gasteiger charge is 2.25. The van der Waals surface area contributed by atoms with Crippen molar-refractivity contribution in [1.29, 1.82) is 0 Å². The number of hydrogen-bond donors (Lipinski definition) is 1. The minimum absolute atomic E-state index is 0.00243. The zero-order valence-corrected chi connectivity index (χ0v) is 18.2. The van der Waals surface area contributed by atoms with Gasteiger partial charge in [0.1, 0.15) is 11.1 Å². The van der Waals surface area contributed by atoms with Crippen LogP contribution >= 0.6 is 11.3 Å². The SMILES string of the molecule is CC(C)Cn1cc(C(=O)NC(C)C)c(=O)c(C(=O)N(C)C(C)c2cccs2)c1. The predicted molar refractivity (Wildman–Crippen MR) is 113 cm³/mol. The maximum absolute atomic E-state index is 13.1. The summed E-state index contributed by atoms with van der Waals surface area (Å²) in [6.45, 7) is 10.3. The molecule has 0 aliphatic heterocycles. The van der Waals surface area contributed by atoms with Crippen molar-refractivity contribution in [3.8, 4) is 0 Å². The van der Waals surface area contributed by atoms with Gasteiger partial charge in [-0.3, -0.25) is 14.4 Å². The number of rotatable bonds is 7. The molecule has 0 radical (unpaired) electrons. The molecular formula is C21H29N3O3S. The Hall–Kier alpha value is -2.41. The van der Waals surface area contributed by atoms with Gasteiger partial charge in [-0.2, -0.15) is 0 Å². The first-order valence-electron chi connectivity index (χ1n) is 9.47. The summed E-state index contributed by atoms with van der Waals surface area (Å²) in [5.74, 6) is -0.544. The number of carbonyl (C=O) groups is 2. The average Bonchev–Trinajstić information content (AvgIpc) is 3.14. The van der Waals surface area contributed by atoms with Gasteiger partial charge < -0.3 is 14.8 Å². The van der Waals surface area contributed by atoms with Gasteiger partial charge in [0.15, 0.2) is 0 Å². The fourth-order valence-electron chi connectivity index (χ4n) is 2.90. The second-order valence-electron chi connectivity index (χ2n) is 7.74. The van der Waals surface area contributed by atoms with Crippen LogP contribution < -0.4 is 10.7 Å². The zero-order valence-electron chi connectivity index (χ0n) is 17.4. The van der Waals surface area contributed by atoms with E-state index in [0.717, 1.165) is 4.88 Å². The lowest BCUT2D eigenvalue weighted by molar-refractivity contribution is 0.0742. The molecule has 7 heteroatoms. The highest BCUT2D eigenvalue weighted by molar-refractivity contribution is 7.10. The molecule has 1 N–H and O–H groups in total. The Labute approximate surface area is 170 Å². The predicted octanol–water partition coefficient (Wildman–Crippen LogP) is 3.54. The van der Waals surface area contributed by atoms with Crippen molar-refractivity contribution in [1.82, 2.24) is 14.8 Å². The molecule has 0 fully saturated rings. The number of hydrogen-bond acceptors (Lipinski definition) is 4. The maximum atomic E-state index is 13.1. The van der Waals surface area contributed by atoms with E-state index in [9.17, 15) is 14.4 Å². The molecule has 2 heterocycles. The first kappa shape index (κ1) is 21.9. The number of amides is 2. The number of aromatic nitrogens is 1. The highest BCUT2D eigenvalue weighted by atomic mass is 32.1. The number of carbonyl (C=O) groups excluding carboxylic acids is 2. The summed E-state index contributed by atoms with van der Waals surface area (Å²) < 4.78 is 1.76. The smallest absolute Gasteiger partial charge is 0.259 e. The first-order valence-corrected chi connectivity index (χ1v) is 10.3. The van der Waals surface area contributed by atoms with E-state index in [0.29, 0.717) is 12.5 Å². The van der Waals surface area contributed by atoms with Crippen molar-refractivity contribution in [2.75, 3.05) is 7.05 Å². The molecular weight excluding hydrogens is 374 g/mol. The number of pyridine rings is 1. The van der Waals surface area contributed by atoms with Crippen molar-refractivity contribution in [2.45, 2.75) is 53.2 Å². The van der Waals surface area contributed by atoms with Crippen LogP contribution in [0.25, 0.3) is 0 Å². The number of nitrogens with one attached hydrogen (secondary N) is 1. The molecule has 0 aromatic carbocycles. The summed E-state index contributed by atoms with van der Waals surface area (Å²) in [5.41, 5.74) is -0.520. The Balaban J connectivity index is 2.47. The van der Waals surface area contributed by atoms with Crippen LogP contribution in [0.15, 0.2) is 34.7 Å². The first-order chi connectivity index (χ1) is 13.1. The van der Waals surface area contributed by atoms with E-state index in [1.165, 1.54) is 0 Å². The maximum Gasteiger partial charge on any atom is 0.259 e. The van der Waals surface area contributed by atoms with Gasteiger partial charge in [0.2, 0.25) is 5.43 Å². The van der Waals surface area contributed by atoms with Crippen LogP contribution in [-0.4, -0.2) is 34.4 Å². The Morgan fingerprint density at radius 3 is 2.32 bits per heavy atom. The van der Waals surface area contributed by atoms with Crippen LogP contribution in [0.1, 0.15) is 66.3 Å². The fraction of sp³-hybridized carbons (Fsp3) is 0.476. The van der Waals surface area contributed by atoms with Crippen molar-refractivity contribution >= 4 is 23.2 Å². The van der Waals surface area contributed by atoms with E-state index in [1.54, 1.807) is 40.2 Å². The molecule has 6 nitrogen and oxygen atoms in total. The van der Waals surface area contributed by atoms with Gasteiger partial charge in [0.25, 0.3) is 11.8 Å². The minimum atomic E-state index is -0.534. The molecule has 0 aliphatic rings. The molecule has 1 unspecified atom stereocenters. The summed E-state index contributed by atoms with van der Waals surface area (Å²) in [6.07, 6.45) is 3.11. The van der Waals surface area contributed by atoms with Gasteiger partial charge in [-0.05, 0) is 38.1 Å². The van der Waals surface area contributed by atoms with Crippen LogP contribution in [0.5, 0.6) is 0 Å². The summed E-state index contributed by atoms with van der Waals surface area (Å²) in [4.78, 5) is 41.2. The van der Waals surface area contributed by atoms with Gasteiger partial charge in [-0.15, -0.1) is 11.3 Å². The van der Waals surface area contributed by atoms with Crippen LogP contribution in [0.4, 0.5) is 0 Å². The van der Waals surface area contributed by atoms with E-state index in [4.69, 9.17) is 0 Å². The second kappa shape index (κ2) is 9.19. The molecule has 0 spiro atoms. The van der Waals surface area contributed by atoms with Gasteiger partial charge >= 0.3 is 0 Å². The molecule has 0 bridgehead atoms. The molecule has 152 valence electrons. The van der Waals surface area contributed by atoms with E-state index >= 15 is 0 Å². The fourth-order valence-corrected chi connectivity index (χ4v) is 3.72. The lowest BCUT2D eigenvalue weighted by Gasteiger charge is -2.24. The summed E-state index contributed by atoms with van der Waals surface area (Å²) in [5, 5.41) is 4.70. The molecule has 1 atom stereocenters. The Bertz CT molecular complexity index is 885. The third-order valence-electron chi connectivity index (χ3n) is 4.41. The molecule has 0 aliphatic carbocycles. The molecule has 28 heavy (non-hydrogen) atoms. The van der Waals surface area contributed by atoms with Crippen molar-refractivity contribution < 1.29 is 9.59 Å². The third kappa shape index (κ3) is 5.10. The monoisotopic (exact) mass is 403 g/mol.